The number of nitrogens with one attached hydrogen (secondary N) is 1. The quantitative estimate of drug-likeness (QED) is 0.917. The Bertz CT molecular complexity index is 454. The fraction of sp³-hybridized carbons (Fsp3) is 0.625. The van der Waals surface area contributed by atoms with E-state index in [-0.39, 0.29) is 5.54 Å². The van der Waals surface area contributed by atoms with Crippen LogP contribution in [0, 0.1) is 5.92 Å². The second-order valence-electron chi connectivity index (χ2n) is 6.61. The first-order chi connectivity index (χ1) is 9.06. The highest BCUT2D eigenvalue weighted by Gasteiger charge is 2.40. The Morgan fingerprint density at radius 2 is 2.05 bits per heavy atom. The van der Waals surface area contributed by atoms with Gasteiger partial charge in [-0.15, -0.1) is 0 Å². The Labute approximate surface area is 124 Å². The lowest BCUT2D eigenvalue weighted by Crippen LogP contribution is -2.62. The molecule has 2 nitrogen and oxygen atoms in total. The summed E-state index contributed by atoms with van der Waals surface area (Å²) < 4.78 is 1.23. The van der Waals surface area contributed by atoms with Crippen molar-refractivity contribution in [1.29, 1.82) is 0 Å². The molecule has 3 rings (SSSR count). The summed E-state index contributed by atoms with van der Waals surface area (Å²) >= 11 is 3.67. The van der Waals surface area contributed by atoms with E-state index in [1.165, 1.54) is 29.4 Å². The number of halogens is 1. The minimum atomic E-state index is 0.237. The molecule has 0 spiro atoms. The van der Waals surface area contributed by atoms with E-state index in [1.807, 2.05) is 0 Å². The molecule has 1 aliphatic heterocycles. The molecule has 0 aromatic heterocycles. The monoisotopic (exact) mass is 322 g/mol. The van der Waals surface area contributed by atoms with Crippen LogP contribution in [0.3, 0.4) is 0 Å². The van der Waals surface area contributed by atoms with Crippen LogP contribution in [0.2, 0.25) is 0 Å². The lowest BCUT2D eigenvalue weighted by molar-refractivity contribution is 0.0532. The summed E-state index contributed by atoms with van der Waals surface area (Å²) in [6.45, 7) is 8.01. The Hall–Kier alpha value is -0.380. The third kappa shape index (κ3) is 3.04. The van der Waals surface area contributed by atoms with Gasteiger partial charge in [-0.3, -0.25) is 4.90 Å². The molecule has 1 atom stereocenters. The van der Waals surface area contributed by atoms with Gasteiger partial charge in [-0.1, -0.05) is 34.1 Å². The molecule has 3 heteroatoms. The summed E-state index contributed by atoms with van der Waals surface area (Å²) in [4.78, 5) is 2.65. The highest BCUT2D eigenvalue weighted by Crippen LogP contribution is 2.36. The van der Waals surface area contributed by atoms with Crippen molar-refractivity contribution < 1.29 is 0 Å². The van der Waals surface area contributed by atoms with Gasteiger partial charge in [0.1, 0.15) is 0 Å². The molecule has 1 saturated carbocycles. The van der Waals surface area contributed by atoms with Gasteiger partial charge < -0.3 is 5.32 Å². The molecule has 0 amide bonds. The number of piperazine rings is 1. The van der Waals surface area contributed by atoms with Gasteiger partial charge in [-0.05, 0) is 44.2 Å². The Morgan fingerprint density at radius 3 is 2.74 bits per heavy atom. The maximum absolute atomic E-state index is 3.75. The molecular formula is C16H23BrN2. The zero-order valence-corrected chi connectivity index (χ0v) is 13.4. The van der Waals surface area contributed by atoms with E-state index < -0.39 is 0 Å². The zero-order chi connectivity index (χ0) is 13.5. The van der Waals surface area contributed by atoms with Gasteiger partial charge in [0.25, 0.3) is 0 Å². The second kappa shape index (κ2) is 5.19. The third-order valence-electron chi connectivity index (χ3n) is 4.58. The lowest BCUT2D eigenvalue weighted by atomic mass is 9.95. The van der Waals surface area contributed by atoms with Gasteiger partial charge in [-0.25, -0.2) is 0 Å². The van der Waals surface area contributed by atoms with Crippen LogP contribution in [0.25, 0.3) is 0 Å². The molecule has 1 aromatic carbocycles. The van der Waals surface area contributed by atoms with Crippen molar-refractivity contribution in [2.45, 2.75) is 44.8 Å². The van der Waals surface area contributed by atoms with Crippen molar-refractivity contribution in [3.8, 4) is 0 Å². The first-order valence-corrected chi connectivity index (χ1v) is 8.07. The third-order valence-corrected chi connectivity index (χ3v) is 5.35. The molecule has 2 fully saturated rings. The summed E-state index contributed by atoms with van der Waals surface area (Å²) in [6.07, 6.45) is 2.84. The van der Waals surface area contributed by atoms with Crippen LogP contribution in [0.1, 0.15) is 32.3 Å². The van der Waals surface area contributed by atoms with Crippen LogP contribution >= 0.6 is 15.9 Å². The lowest BCUT2D eigenvalue weighted by Gasteiger charge is -2.46. The normalized spacial score (nSPS) is 27.4. The maximum Gasteiger partial charge on any atom is 0.0281 e. The Morgan fingerprint density at radius 1 is 1.32 bits per heavy atom. The number of hydrogen-bond donors (Lipinski definition) is 1. The maximum atomic E-state index is 3.75. The van der Waals surface area contributed by atoms with E-state index in [0.717, 1.165) is 19.0 Å². The van der Waals surface area contributed by atoms with E-state index in [2.05, 4.69) is 64.3 Å². The molecule has 0 bridgehead atoms. The van der Waals surface area contributed by atoms with Crippen molar-refractivity contribution in [2.24, 2.45) is 5.92 Å². The van der Waals surface area contributed by atoms with Gasteiger partial charge in [-0.2, -0.15) is 0 Å². The largest absolute Gasteiger partial charge is 0.311 e. The molecule has 2 aliphatic rings. The summed E-state index contributed by atoms with van der Waals surface area (Å²) in [5.41, 5.74) is 1.63. The fourth-order valence-corrected chi connectivity index (χ4v) is 3.38. The molecule has 1 N–H and O–H groups in total. The predicted octanol–water partition coefficient (Wildman–Crippen LogP) is 3.41. The van der Waals surface area contributed by atoms with E-state index in [4.69, 9.17) is 0 Å². The standard InChI is InChI=1S/C16H23BrN2/c1-16(2)11-18-15(12-7-8-12)10-19(16)9-13-5-3-4-6-14(13)17/h3-6,12,15,18H,7-11H2,1-2H3. The highest BCUT2D eigenvalue weighted by atomic mass is 79.9. The van der Waals surface area contributed by atoms with Crippen molar-refractivity contribution in [3.05, 3.63) is 34.3 Å². The molecule has 104 valence electrons. The fourth-order valence-electron chi connectivity index (χ4n) is 2.97. The van der Waals surface area contributed by atoms with Crippen LogP contribution in [0.4, 0.5) is 0 Å². The Kier molecular flexibility index (Phi) is 3.71. The van der Waals surface area contributed by atoms with Crippen molar-refractivity contribution in [2.75, 3.05) is 13.1 Å². The van der Waals surface area contributed by atoms with E-state index in [9.17, 15) is 0 Å². The first-order valence-electron chi connectivity index (χ1n) is 7.28. The van der Waals surface area contributed by atoms with E-state index >= 15 is 0 Å². The van der Waals surface area contributed by atoms with Crippen LogP contribution in [0.5, 0.6) is 0 Å². The average molecular weight is 323 g/mol. The Balaban J connectivity index is 1.74. The average Bonchev–Trinajstić information content (AvgIpc) is 3.18. The first kappa shape index (κ1) is 13.6. The number of nitrogens with zero attached hydrogens (tertiary/aromatic N) is 1. The van der Waals surface area contributed by atoms with Crippen LogP contribution < -0.4 is 5.32 Å². The molecular weight excluding hydrogens is 300 g/mol. The van der Waals surface area contributed by atoms with Crippen LogP contribution in [0.15, 0.2) is 28.7 Å². The number of rotatable bonds is 3. The van der Waals surface area contributed by atoms with Gasteiger partial charge >= 0.3 is 0 Å². The minimum Gasteiger partial charge on any atom is -0.311 e. The van der Waals surface area contributed by atoms with Gasteiger partial charge in [0.05, 0.1) is 0 Å². The molecule has 1 aliphatic carbocycles. The molecule has 1 saturated heterocycles. The minimum absolute atomic E-state index is 0.237. The topological polar surface area (TPSA) is 15.3 Å². The van der Waals surface area contributed by atoms with Crippen LogP contribution in [-0.2, 0) is 6.54 Å². The summed E-state index contributed by atoms with van der Waals surface area (Å²) in [7, 11) is 0. The molecule has 0 radical (unpaired) electrons. The van der Waals surface area contributed by atoms with Gasteiger partial charge in [0.2, 0.25) is 0 Å². The molecule has 1 aromatic rings. The molecule has 19 heavy (non-hydrogen) atoms. The number of benzene rings is 1. The van der Waals surface area contributed by atoms with Crippen molar-refractivity contribution in [1.82, 2.24) is 10.2 Å². The summed E-state index contributed by atoms with van der Waals surface area (Å²) in [5.74, 6) is 0.929. The van der Waals surface area contributed by atoms with Crippen molar-refractivity contribution >= 4 is 15.9 Å². The highest BCUT2D eigenvalue weighted by molar-refractivity contribution is 9.10. The van der Waals surface area contributed by atoms with Crippen LogP contribution in [-0.4, -0.2) is 29.6 Å². The van der Waals surface area contributed by atoms with E-state index in [0.29, 0.717) is 6.04 Å². The zero-order valence-electron chi connectivity index (χ0n) is 11.8. The number of hydrogen-bond acceptors (Lipinski definition) is 2. The molecule has 1 unspecified atom stereocenters. The van der Waals surface area contributed by atoms with E-state index in [1.54, 1.807) is 0 Å². The van der Waals surface area contributed by atoms with Gasteiger partial charge in [0.15, 0.2) is 0 Å². The SMILES string of the molecule is CC1(C)CNC(C2CC2)CN1Cc1ccccc1Br. The predicted molar refractivity (Wildman–Crippen MR) is 83.1 cm³/mol. The van der Waals surface area contributed by atoms with Crippen molar-refractivity contribution in [3.63, 3.8) is 0 Å². The smallest absolute Gasteiger partial charge is 0.0281 e. The summed E-state index contributed by atoms with van der Waals surface area (Å²) in [5, 5.41) is 3.75. The van der Waals surface area contributed by atoms with Gasteiger partial charge in [0, 0.05) is 35.7 Å². The molecule has 1 heterocycles. The second-order valence-corrected chi connectivity index (χ2v) is 7.46. The summed E-state index contributed by atoms with van der Waals surface area (Å²) in [6, 6.07) is 9.30.